The Balaban J connectivity index is 1.22. The van der Waals surface area contributed by atoms with Crippen LogP contribution in [0.1, 0.15) is 43.8 Å². The Bertz CT molecular complexity index is 1790. The van der Waals surface area contributed by atoms with Crippen LogP contribution in [-0.4, -0.2) is 77.5 Å². The van der Waals surface area contributed by atoms with Crippen molar-refractivity contribution in [2.75, 3.05) is 0 Å². The molecule has 3 saturated heterocycles. The molecule has 0 aliphatic carbocycles. The highest BCUT2D eigenvalue weighted by molar-refractivity contribution is 6.01. The van der Waals surface area contributed by atoms with E-state index in [9.17, 15) is 24.3 Å². The first-order valence-electron chi connectivity index (χ1n) is 15.3. The fraction of sp³-hybridized carbons (Fsp3) is 0.364. The zero-order valence-electron chi connectivity index (χ0n) is 25.4. The van der Waals surface area contributed by atoms with E-state index < -0.39 is 53.8 Å². The molecule has 13 nitrogen and oxygen atoms in total. The number of amides is 6. The van der Waals surface area contributed by atoms with Gasteiger partial charge in [0.05, 0.1) is 31.1 Å². The summed E-state index contributed by atoms with van der Waals surface area (Å²) in [6.07, 6.45) is 4.98. The van der Waals surface area contributed by atoms with E-state index >= 15 is 0 Å². The van der Waals surface area contributed by atoms with E-state index in [0.717, 1.165) is 31.2 Å². The topological polar surface area (TPSA) is 153 Å². The van der Waals surface area contributed by atoms with Gasteiger partial charge in [-0.1, -0.05) is 32.0 Å². The Morgan fingerprint density at radius 1 is 1.00 bits per heavy atom. The molecule has 0 saturated carbocycles. The van der Waals surface area contributed by atoms with Crippen molar-refractivity contribution in [3.63, 3.8) is 0 Å². The first kappa shape index (κ1) is 29.5. The molecule has 0 radical (unpaired) electrons. The molecule has 13 heteroatoms. The van der Waals surface area contributed by atoms with Crippen LogP contribution >= 0.6 is 0 Å². The van der Waals surface area contributed by atoms with Gasteiger partial charge in [-0.2, -0.15) is 0 Å². The third-order valence-corrected chi connectivity index (χ3v) is 9.10. The summed E-state index contributed by atoms with van der Waals surface area (Å²) in [4.78, 5) is 65.5. The number of benzene rings is 1. The Labute approximate surface area is 264 Å². The van der Waals surface area contributed by atoms with Gasteiger partial charge in [0.2, 0.25) is 17.7 Å². The molecule has 1 aromatic carbocycles. The number of aliphatic hydroxyl groups is 1. The molecule has 3 aromatic heterocycles. The van der Waals surface area contributed by atoms with E-state index in [0.29, 0.717) is 11.5 Å². The molecule has 3 aliphatic rings. The van der Waals surface area contributed by atoms with E-state index in [2.05, 4.69) is 10.3 Å². The van der Waals surface area contributed by atoms with Crippen molar-refractivity contribution < 1.29 is 33.1 Å². The minimum absolute atomic E-state index is 0.173. The Morgan fingerprint density at radius 3 is 2.41 bits per heavy atom. The monoisotopic (exact) mass is 626 g/mol. The number of carbonyl (C=O) groups is 4. The van der Waals surface area contributed by atoms with Crippen molar-refractivity contribution >= 4 is 34.8 Å². The predicted octanol–water partition coefficient (Wildman–Crippen LogP) is 3.64. The number of nitrogens with one attached hydrogen (secondary N) is 1. The highest BCUT2D eigenvalue weighted by Gasteiger charge is 2.69. The van der Waals surface area contributed by atoms with Gasteiger partial charge in [0.1, 0.15) is 29.6 Å². The summed E-state index contributed by atoms with van der Waals surface area (Å²) >= 11 is 0. The van der Waals surface area contributed by atoms with Gasteiger partial charge in [-0.05, 0) is 60.7 Å². The van der Waals surface area contributed by atoms with Crippen molar-refractivity contribution in [2.45, 2.75) is 70.3 Å². The summed E-state index contributed by atoms with van der Waals surface area (Å²) in [5, 5.41) is 16.6. The Morgan fingerprint density at radius 2 is 1.72 bits per heavy atom. The minimum Gasteiger partial charge on any atom is -0.467 e. The summed E-state index contributed by atoms with van der Waals surface area (Å²) in [5.74, 6) is -2.87. The van der Waals surface area contributed by atoms with Gasteiger partial charge < -0.3 is 24.2 Å². The molecule has 3 aliphatic heterocycles. The van der Waals surface area contributed by atoms with Gasteiger partial charge in [-0.25, -0.2) is 14.5 Å². The van der Waals surface area contributed by atoms with Crippen LogP contribution in [0.3, 0.4) is 0 Å². The second-order valence-electron chi connectivity index (χ2n) is 12.3. The number of piperazine rings is 1. The number of carbonyl (C=O) groups excluding carboxylic acids is 4. The van der Waals surface area contributed by atoms with Gasteiger partial charge in [0, 0.05) is 18.1 Å². The van der Waals surface area contributed by atoms with Crippen LogP contribution in [0, 0.1) is 5.92 Å². The number of para-hydroxylation sites is 1. The van der Waals surface area contributed by atoms with Gasteiger partial charge in [0.25, 0.3) is 0 Å². The predicted molar refractivity (Wildman–Crippen MR) is 162 cm³/mol. The minimum atomic E-state index is -2.26. The van der Waals surface area contributed by atoms with E-state index in [-0.39, 0.29) is 32.5 Å². The first-order valence-corrected chi connectivity index (χ1v) is 15.3. The smallest absolute Gasteiger partial charge is 0.333 e. The third kappa shape index (κ3) is 4.69. The number of aromatic nitrogens is 1. The summed E-state index contributed by atoms with van der Waals surface area (Å²) in [7, 11) is 0. The molecule has 46 heavy (non-hydrogen) atoms. The Kier molecular flexibility index (Phi) is 7.27. The lowest BCUT2D eigenvalue weighted by Gasteiger charge is -2.61. The highest BCUT2D eigenvalue weighted by atomic mass is 16.4. The number of fused-ring (bicyclic) bond motifs is 4. The quantitative estimate of drug-likeness (QED) is 0.301. The molecule has 2 N–H and O–H groups in total. The SMILES string of the molecule is CC(C)[C@@H]1C(=O)N2[C@H](C(=O)NCc3cnc4ccccc4c3)CC[C@@H]2[C@@]2(O)N(Cc3ccco3)C(=O)N(Cc3ccco3)C(=O)N12. The summed E-state index contributed by atoms with van der Waals surface area (Å²) in [5.41, 5.74) is 1.63. The van der Waals surface area contributed by atoms with Crippen molar-refractivity contribution in [1.82, 2.24) is 29.9 Å². The van der Waals surface area contributed by atoms with Gasteiger partial charge in [0.15, 0.2) is 0 Å². The lowest BCUT2D eigenvalue weighted by atomic mass is 9.91. The number of imide groups is 1. The average molecular weight is 627 g/mol. The summed E-state index contributed by atoms with van der Waals surface area (Å²) in [6, 6.07) is 11.5. The maximum atomic E-state index is 14.3. The second kappa shape index (κ2) is 11.3. The number of rotatable bonds is 8. The molecule has 0 spiro atoms. The van der Waals surface area contributed by atoms with Crippen LogP contribution < -0.4 is 5.32 Å². The lowest BCUT2D eigenvalue weighted by molar-refractivity contribution is -0.262. The molecule has 6 amide bonds. The van der Waals surface area contributed by atoms with Crippen LogP contribution in [0.2, 0.25) is 0 Å². The summed E-state index contributed by atoms with van der Waals surface area (Å²) in [6.45, 7) is 3.33. The van der Waals surface area contributed by atoms with E-state index in [1.165, 1.54) is 17.4 Å². The fourth-order valence-corrected chi connectivity index (χ4v) is 6.99. The van der Waals surface area contributed by atoms with Crippen molar-refractivity contribution in [3.8, 4) is 0 Å². The number of urea groups is 2. The molecule has 0 unspecified atom stereocenters. The first-order chi connectivity index (χ1) is 22.2. The molecule has 4 aromatic rings. The zero-order valence-corrected chi connectivity index (χ0v) is 25.4. The van der Waals surface area contributed by atoms with Crippen LogP contribution in [-0.2, 0) is 29.2 Å². The van der Waals surface area contributed by atoms with E-state index in [1.807, 2.05) is 30.3 Å². The summed E-state index contributed by atoms with van der Waals surface area (Å²) < 4.78 is 11.0. The Hall–Kier alpha value is -5.17. The number of pyridine rings is 1. The standard InChI is InChI=1S/C33H34N6O7/c1-20(2)28-30(41)38-26(29(40)35-17-21-15-22-7-3-4-10-25(22)34-16-21)11-12-27(38)33(44)37(19-24-9-6-14-46-24)31(42)36(32(43)39(28)33)18-23-8-5-13-45-23/h3-10,13-16,20,26-28,44H,11-12,17-19H2,1-2H3,(H,35,40)/t26-,27+,28+,33+/m0/s1. The second-order valence-corrected chi connectivity index (χ2v) is 12.3. The van der Waals surface area contributed by atoms with Crippen molar-refractivity contribution in [2.24, 2.45) is 5.92 Å². The molecule has 238 valence electrons. The maximum absolute atomic E-state index is 14.3. The molecular weight excluding hydrogens is 592 g/mol. The maximum Gasteiger partial charge on any atom is 0.333 e. The zero-order chi connectivity index (χ0) is 32.2. The highest BCUT2D eigenvalue weighted by Crippen LogP contribution is 2.46. The normalized spacial score (nSPS) is 24.6. The fourth-order valence-electron chi connectivity index (χ4n) is 6.99. The van der Waals surface area contributed by atoms with Crippen LogP contribution in [0.25, 0.3) is 10.9 Å². The van der Waals surface area contributed by atoms with Crippen molar-refractivity contribution in [3.05, 3.63) is 90.4 Å². The van der Waals surface area contributed by atoms with Gasteiger partial charge in [-0.15, -0.1) is 0 Å². The molecular formula is C33H34N6O7. The van der Waals surface area contributed by atoms with Crippen molar-refractivity contribution in [1.29, 1.82) is 0 Å². The van der Waals surface area contributed by atoms with Gasteiger partial charge in [-0.3, -0.25) is 24.4 Å². The number of hydrogen-bond acceptors (Lipinski definition) is 8. The van der Waals surface area contributed by atoms with E-state index in [4.69, 9.17) is 8.83 Å². The van der Waals surface area contributed by atoms with Crippen LogP contribution in [0.15, 0.2) is 82.2 Å². The molecule has 6 heterocycles. The molecule has 0 bridgehead atoms. The molecule has 7 rings (SSSR count). The molecule has 4 atom stereocenters. The lowest BCUT2D eigenvalue weighted by Crippen LogP contribution is -2.85. The van der Waals surface area contributed by atoms with Gasteiger partial charge >= 0.3 is 12.1 Å². The molecule has 3 fully saturated rings. The van der Waals surface area contributed by atoms with Crippen LogP contribution in [0.4, 0.5) is 9.59 Å². The average Bonchev–Trinajstić information content (AvgIpc) is 3.84. The number of furan rings is 2. The van der Waals surface area contributed by atoms with E-state index in [1.54, 1.807) is 44.3 Å². The van der Waals surface area contributed by atoms with Crippen LogP contribution in [0.5, 0.6) is 0 Å². The number of nitrogens with zero attached hydrogens (tertiary/aromatic N) is 5. The number of hydrogen-bond donors (Lipinski definition) is 2. The third-order valence-electron chi connectivity index (χ3n) is 9.10. The largest absolute Gasteiger partial charge is 0.467 e.